The smallest absolute Gasteiger partial charge is 0.0701 e. The van der Waals surface area contributed by atoms with E-state index >= 15 is 0 Å². The molecular formula is C9H21O6. The zero-order chi connectivity index (χ0) is 10.5. The number of aliphatic hydroxyl groups is 1. The van der Waals surface area contributed by atoms with Gasteiger partial charge in [0.15, 0.2) is 0 Å². The van der Waals surface area contributed by atoms with Crippen LogP contribution in [0.4, 0.5) is 0 Å². The summed E-state index contributed by atoms with van der Waals surface area (Å²) in [5.41, 5.74) is 0. The molecule has 0 aliphatic heterocycles. The predicted molar refractivity (Wildman–Crippen MR) is 53.4 cm³/mol. The SMILES string of the molecule is COCCOCCOCCOCCO.[OH]. The number of ether oxygens (including phenoxy) is 4. The molecule has 0 spiro atoms. The molecule has 0 aliphatic rings. The maximum absolute atomic E-state index is 8.39. The van der Waals surface area contributed by atoms with Crippen molar-refractivity contribution < 1.29 is 29.5 Å². The summed E-state index contributed by atoms with van der Waals surface area (Å²) in [5.74, 6) is 0. The molecule has 0 aromatic carbocycles. The average Bonchev–Trinajstić information content (AvgIpc) is 2.21. The van der Waals surface area contributed by atoms with Crippen LogP contribution in [0, 0.1) is 0 Å². The Balaban J connectivity index is 0. The Morgan fingerprint density at radius 1 is 0.733 bits per heavy atom. The molecule has 0 heterocycles. The summed E-state index contributed by atoms with van der Waals surface area (Å²) in [4.78, 5) is 0. The molecule has 1 radical (unpaired) electrons. The van der Waals surface area contributed by atoms with Crippen LogP contribution in [0.3, 0.4) is 0 Å². The maximum atomic E-state index is 8.39. The molecule has 2 N–H and O–H groups in total. The lowest BCUT2D eigenvalue weighted by Crippen LogP contribution is -2.12. The number of hydrogen-bond donors (Lipinski definition) is 2. The van der Waals surface area contributed by atoms with Crippen LogP contribution in [0.5, 0.6) is 0 Å². The van der Waals surface area contributed by atoms with Gasteiger partial charge in [-0.2, -0.15) is 0 Å². The molecule has 0 amide bonds. The molecule has 0 saturated heterocycles. The molecule has 0 bridgehead atoms. The Bertz CT molecular complexity index is 88.6. The third-order valence-electron chi connectivity index (χ3n) is 1.41. The van der Waals surface area contributed by atoms with Crippen LogP contribution in [0.2, 0.25) is 0 Å². The summed E-state index contributed by atoms with van der Waals surface area (Å²) in [5, 5.41) is 8.39. The van der Waals surface area contributed by atoms with Crippen molar-refractivity contribution in [3.8, 4) is 0 Å². The zero-order valence-electron chi connectivity index (χ0n) is 9.18. The Hall–Kier alpha value is -0.240. The number of hydrogen-bond acceptors (Lipinski definition) is 5. The molecule has 15 heavy (non-hydrogen) atoms. The molecule has 6 nitrogen and oxygen atoms in total. The maximum Gasteiger partial charge on any atom is 0.0701 e. The minimum absolute atomic E-state index is 0. The van der Waals surface area contributed by atoms with Gasteiger partial charge in [0.1, 0.15) is 0 Å². The second-order valence-corrected chi connectivity index (χ2v) is 2.55. The highest BCUT2D eigenvalue weighted by atomic mass is 16.6. The summed E-state index contributed by atoms with van der Waals surface area (Å²) >= 11 is 0. The van der Waals surface area contributed by atoms with Gasteiger partial charge in [-0.3, -0.25) is 5.48 Å². The summed E-state index contributed by atoms with van der Waals surface area (Å²) in [6, 6.07) is 0. The highest BCUT2D eigenvalue weighted by molar-refractivity contribution is 4.33. The average molecular weight is 225 g/mol. The van der Waals surface area contributed by atoms with E-state index in [9.17, 15) is 0 Å². The van der Waals surface area contributed by atoms with Gasteiger partial charge in [-0.15, -0.1) is 0 Å². The van der Waals surface area contributed by atoms with Crippen LogP contribution in [0.15, 0.2) is 0 Å². The van der Waals surface area contributed by atoms with Crippen molar-refractivity contribution in [1.29, 1.82) is 0 Å². The van der Waals surface area contributed by atoms with Crippen molar-refractivity contribution in [1.82, 2.24) is 0 Å². The Kier molecular flexibility index (Phi) is 18.5. The molecule has 0 saturated carbocycles. The third kappa shape index (κ3) is 16.4. The van der Waals surface area contributed by atoms with Gasteiger partial charge in [0.25, 0.3) is 0 Å². The fourth-order valence-corrected chi connectivity index (χ4v) is 0.749. The van der Waals surface area contributed by atoms with E-state index in [-0.39, 0.29) is 12.1 Å². The van der Waals surface area contributed by atoms with Gasteiger partial charge in [-0.1, -0.05) is 0 Å². The van der Waals surface area contributed by atoms with Gasteiger partial charge >= 0.3 is 0 Å². The fourth-order valence-electron chi connectivity index (χ4n) is 0.749. The molecule has 0 aliphatic carbocycles. The van der Waals surface area contributed by atoms with E-state index in [0.717, 1.165) is 0 Å². The van der Waals surface area contributed by atoms with E-state index in [1.165, 1.54) is 0 Å². The van der Waals surface area contributed by atoms with Crippen molar-refractivity contribution in [2.75, 3.05) is 60.0 Å². The first-order valence-corrected chi connectivity index (χ1v) is 4.75. The van der Waals surface area contributed by atoms with Crippen molar-refractivity contribution in [3.63, 3.8) is 0 Å². The Morgan fingerprint density at radius 2 is 1.13 bits per heavy atom. The van der Waals surface area contributed by atoms with Crippen molar-refractivity contribution >= 4 is 0 Å². The van der Waals surface area contributed by atoms with Crippen LogP contribution in [0.25, 0.3) is 0 Å². The van der Waals surface area contributed by atoms with E-state index in [1.807, 2.05) is 0 Å². The molecule has 6 heteroatoms. The van der Waals surface area contributed by atoms with Crippen molar-refractivity contribution in [2.24, 2.45) is 0 Å². The van der Waals surface area contributed by atoms with Gasteiger partial charge in [0, 0.05) is 7.11 Å². The van der Waals surface area contributed by atoms with Gasteiger partial charge in [-0.25, -0.2) is 0 Å². The minimum atomic E-state index is 0. The van der Waals surface area contributed by atoms with Gasteiger partial charge < -0.3 is 24.1 Å². The third-order valence-corrected chi connectivity index (χ3v) is 1.41. The molecule has 93 valence electrons. The first-order valence-electron chi connectivity index (χ1n) is 4.75. The summed E-state index contributed by atoms with van der Waals surface area (Å²) in [6.45, 7) is 3.82. The van der Waals surface area contributed by atoms with Crippen molar-refractivity contribution in [3.05, 3.63) is 0 Å². The highest BCUT2D eigenvalue weighted by Gasteiger charge is 1.90. The lowest BCUT2D eigenvalue weighted by Gasteiger charge is -2.05. The first-order chi connectivity index (χ1) is 6.91. The topological polar surface area (TPSA) is 87.2 Å². The molecule has 0 unspecified atom stereocenters. The van der Waals surface area contributed by atoms with Crippen LogP contribution in [-0.4, -0.2) is 70.5 Å². The summed E-state index contributed by atoms with van der Waals surface area (Å²) < 4.78 is 20.2. The van der Waals surface area contributed by atoms with E-state index in [2.05, 4.69) is 0 Å². The van der Waals surface area contributed by atoms with Gasteiger partial charge in [0.05, 0.1) is 52.9 Å². The van der Waals surface area contributed by atoms with E-state index < -0.39 is 0 Å². The van der Waals surface area contributed by atoms with Crippen LogP contribution < -0.4 is 0 Å². The molecular weight excluding hydrogens is 204 g/mol. The zero-order valence-corrected chi connectivity index (χ0v) is 9.18. The van der Waals surface area contributed by atoms with Crippen LogP contribution >= 0.6 is 0 Å². The number of aliphatic hydroxyl groups excluding tert-OH is 1. The van der Waals surface area contributed by atoms with Gasteiger partial charge in [0.2, 0.25) is 0 Å². The largest absolute Gasteiger partial charge is 0.394 e. The molecule has 0 rings (SSSR count). The van der Waals surface area contributed by atoms with E-state index in [1.54, 1.807) is 7.11 Å². The first kappa shape index (κ1) is 17.2. The van der Waals surface area contributed by atoms with E-state index in [0.29, 0.717) is 46.2 Å². The second-order valence-electron chi connectivity index (χ2n) is 2.55. The lowest BCUT2D eigenvalue weighted by molar-refractivity contribution is -0.000973. The molecule has 0 fully saturated rings. The molecule has 0 aromatic rings. The number of methoxy groups -OCH3 is 1. The van der Waals surface area contributed by atoms with Crippen LogP contribution in [-0.2, 0) is 18.9 Å². The highest BCUT2D eigenvalue weighted by Crippen LogP contribution is 1.81. The monoisotopic (exact) mass is 225 g/mol. The van der Waals surface area contributed by atoms with Crippen molar-refractivity contribution in [2.45, 2.75) is 0 Å². The Labute approximate surface area is 90.4 Å². The fraction of sp³-hybridized carbons (Fsp3) is 1.00. The van der Waals surface area contributed by atoms with Crippen LogP contribution in [0.1, 0.15) is 0 Å². The summed E-state index contributed by atoms with van der Waals surface area (Å²) in [6.07, 6.45) is 0. The van der Waals surface area contributed by atoms with E-state index in [4.69, 9.17) is 24.1 Å². The standard InChI is InChI=1S/C9H20O5.HO/c1-11-4-5-13-8-9-14-7-6-12-3-2-10;/h10H,2-9H2,1H3;1H. The predicted octanol–water partition coefficient (Wildman–Crippen LogP) is -0.502. The second kappa shape index (κ2) is 16.2. The van der Waals surface area contributed by atoms with Gasteiger partial charge in [-0.05, 0) is 0 Å². The normalized spacial score (nSPS) is 10.0. The lowest BCUT2D eigenvalue weighted by atomic mass is 10.7. The summed E-state index contributed by atoms with van der Waals surface area (Å²) in [7, 11) is 1.64. The minimum Gasteiger partial charge on any atom is -0.394 e. The molecule has 0 atom stereocenters. The quantitative estimate of drug-likeness (QED) is 0.463. The Morgan fingerprint density at radius 3 is 1.53 bits per heavy atom. The number of rotatable bonds is 11. The molecule has 0 aromatic heterocycles.